The van der Waals surface area contributed by atoms with Crippen molar-refractivity contribution in [3.05, 3.63) is 76.2 Å². The number of methoxy groups -OCH3 is 1. The molecule has 4 aromatic rings. The molecule has 0 unspecified atom stereocenters. The van der Waals surface area contributed by atoms with Gasteiger partial charge in [-0.2, -0.15) is 5.10 Å². The van der Waals surface area contributed by atoms with Gasteiger partial charge in [-0.1, -0.05) is 15.9 Å². The van der Waals surface area contributed by atoms with Crippen LogP contribution in [0, 0.1) is 6.92 Å². The summed E-state index contributed by atoms with van der Waals surface area (Å²) in [6.07, 6.45) is 1.85. The van der Waals surface area contributed by atoms with Crippen molar-refractivity contribution in [2.24, 2.45) is 0 Å². The first kappa shape index (κ1) is 18.3. The van der Waals surface area contributed by atoms with E-state index in [0.717, 1.165) is 32.6 Å². The Morgan fingerprint density at radius 1 is 1.21 bits per heavy atom. The largest absolute Gasteiger partial charge is 0.497 e. The molecule has 0 fully saturated rings. The van der Waals surface area contributed by atoms with E-state index in [2.05, 4.69) is 26.3 Å². The van der Waals surface area contributed by atoms with Crippen molar-refractivity contribution in [3.63, 3.8) is 0 Å². The third-order valence-electron chi connectivity index (χ3n) is 4.52. The number of fused-ring (bicyclic) bond motifs is 1. The molecule has 6 nitrogen and oxygen atoms in total. The maximum absolute atomic E-state index is 12.6. The lowest BCUT2D eigenvalue weighted by Gasteiger charge is -2.04. The van der Waals surface area contributed by atoms with Crippen molar-refractivity contribution in [1.82, 2.24) is 15.1 Å². The molecule has 2 aromatic heterocycles. The molecule has 1 amide bonds. The van der Waals surface area contributed by atoms with Crippen LogP contribution < -0.4 is 10.1 Å². The lowest BCUT2D eigenvalue weighted by molar-refractivity contribution is 0.0924. The number of aromatic nitrogens is 2. The normalized spacial score (nSPS) is 11.0. The summed E-state index contributed by atoms with van der Waals surface area (Å²) in [5.74, 6) is 0.850. The lowest BCUT2D eigenvalue weighted by atomic mass is 10.1. The molecule has 142 valence electrons. The molecule has 0 saturated heterocycles. The zero-order valence-corrected chi connectivity index (χ0v) is 17.0. The molecule has 0 bridgehead atoms. The maximum atomic E-state index is 12.6. The highest BCUT2D eigenvalue weighted by molar-refractivity contribution is 9.10. The first-order chi connectivity index (χ1) is 13.5. The van der Waals surface area contributed by atoms with Crippen LogP contribution in [0.15, 0.2) is 63.6 Å². The van der Waals surface area contributed by atoms with Gasteiger partial charge in [0.25, 0.3) is 5.91 Å². The lowest BCUT2D eigenvalue weighted by Crippen LogP contribution is -2.23. The summed E-state index contributed by atoms with van der Waals surface area (Å²) in [4.78, 5) is 12.6. The van der Waals surface area contributed by atoms with Gasteiger partial charge in [-0.25, -0.2) is 4.68 Å². The standard InChI is InChI=1S/C21H18BrN3O3/c1-13-18-11-14(22)3-8-19(18)28-20(13)21(26)23-12-15-9-10-25(24-15)16-4-6-17(27-2)7-5-16/h3-11H,12H2,1-2H3,(H,23,26). The van der Waals surface area contributed by atoms with Crippen LogP contribution >= 0.6 is 15.9 Å². The number of ether oxygens (including phenoxy) is 1. The number of nitrogens with one attached hydrogen (secondary N) is 1. The minimum absolute atomic E-state index is 0.260. The minimum atomic E-state index is -0.260. The van der Waals surface area contributed by atoms with Gasteiger partial charge >= 0.3 is 0 Å². The number of hydrogen-bond acceptors (Lipinski definition) is 4. The van der Waals surface area contributed by atoms with Crippen molar-refractivity contribution >= 4 is 32.8 Å². The Morgan fingerprint density at radius 3 is 2.75 bits per heavy atom. The van der Waals surface area contributed by atoms with Gasteiger partial charge in [0.2, 0.25) is 0 Å². The first-order valence-electron chi connectivity index (χ1n) is 8.71. The molecule has 2 heterocycles. The van der Waals surface area contributed by atoms with Crippen molar-refractivity contribution < 1.29 is 13.9 Å². The number of hydrogen-bond donors (Lipinski definition) is 1. The molecule has 0 aliphatic carbocycles. The van der Waals surface area contributed by atoms with Crippen molar-refractivity contribution in [1.29, 1.82) is 0 Å². The Kier molecular flexibility index (Phi) is 4.92. The molecule has 7 heteroatoms. The second-order valence-electron chi connectivity index (χ2n) is 6.33. The number of furan rings is 1. The Balaban J connectivity index is 1.47. The highest BCUT2D eigenvalue weighted by Crippen LogP contribution is 2.28. The summed E-state index contributed by atoms with van der Waals surface area (Å²) in [5.41, 5.74) is 3.17. The van der Waals surface area contributed by atoms with Crippen molar-refractivity contribution in [3.8, 4) is 11.4 Å². The van der Waals surface area contributed by atoms with Gasteiger partial charge in [0, 0.05) is 21.6 Å². The number of amides is 1. The molecule has 1 N–H and O–H groups in total. The highest BCUT2D eigenvalue weighted by Gasteiger charge is 2.18. The number of carbonyl (C=O) groups excluding carboxylic acids is 1. The van der Waals surface area contributed by atoms with E-state index in [1.54, 1.807) is 11.8 Å². The van der Waals surface area contributed by atoms with Gasteiger partial charge in [0.15, 0.2) is 5.76 Å². The number of nitrogens with zero attached hydrogens (tertiary/aromatic N) is 2. The monoisotopic (exact) mass is 439 g/mol. The minimum Gasteiger partial charge on any atom is -0.497 e. The van der Waals surface area contributed by atoms with E-state index < -0.39 is 0 Å². The van der Waals surface area contributed by atoms with Crippen molar-refractivity contribution in [2.45, 2.75) is 13.5 Å². The Morgan fingerprint density at radius 2 is 2.00 bits per heavy atom. The van der Waals surface area contributed by atoms with Gasteiger partial charge in [-0.15, -0.1) is 0 Å². The number of rotatable bonds is 5. The molecule has 0 saturated carbocycles. The van der Waals surface area contributed by atoms with Crippen molar-refractivity contribution in [2.75, 3.05) is 7.11 Å². The number of aryl methyl sites for hydroxylation is 1. The van der Waals surface area contributed by atoms with Crippen LogP contribution in [0.5, 0.6) is 5.75 Å². The van der Waals surface area contributed by atoms with E-state index in [0.29, 0.717) is 17.9 Å². The summed E-state index contributed by atoms with van der Waals surface area (Å²) >= 11 is 3.44. The zero-order valence-electron chi connectivity index (χ0n) is 15.4. The Hall–Kier alpha value is -3.06. The molecule has 28 heavy (non-hydrogen) atoms. The van der Waals surface area contributed by atoms with Crippen LogP contribution in [0.3, 0.4) is 0 Å². The van der Waals surface area contributed by atoms with Crippen LogP contribution in [0.25, 0.3) is 16.7 Å². The summed E-state index contributed by atoms with van der Waals surface area (Å²) in [5, 5.41) is 8.30. The molecule has 4 rings (SSSR count). The maximum Gasteiger partial charge on any atom is 0.287 e. The molecule has 0 aliphatic rings. The fourth-order valence-corrected chi connectivity index (χ4v) is 3.36. The fraction of sp³-hybridized carbons (Fsp3) is 0.143. The molecule has 0 radical (unpaired) electrons. The Labute approximate surface area is 170 Å². The third kappa shape index (κ3) is 3.53. The van der Waals surface area contributed by atoms with Gasteiger partial charge in [-0.3, -0.25) is 4.79 Å². The van der Waals surface area contributed by atoms with Crippen LogP contribution in [-0.2, 0) is 6.54 Å². The fourth-order valence-electron chi connectivity index (χ4n) is 3.00. The predicted molar refractivity (Wildman–Crippen MR) is 110 cm³/mol. The van der Waals surface area contributed by atoms with Crippen LogP contribution in [0.1, 0.15) is 21.8 Å². The second-order valence-corrected chi connectivity index (χ2v) is 7.24. The summed E-state index contributed by atoms with van der Waals surface area (Å²) in [7, 11) is 1.63. The van der Waals surface area contributed by atoms with E-state index in [-0.39, 0.29) is 5.91 Å². The van der Waals surface area contributed by atoms with Crippen LogP contribution in [0.2, 0.25) is 0 Å². The number of carbonyl (C=O) groups is 1. The SMILES string of the molecule is COc1ccc(-n2ccc(CNC(=O)c3oc4ccc(Br)cc4c3C)n2)cc1. The van der Waals surface area contributed by atoms with E-state index >= 15 is 0 Å². The Bertz CT molecular complexity index is 1150. The molecule has 2 aromatic carbocycles. The molecular formula is C21H18BrN3O3. The average Bonchev–Trinajstić information content (AvgIpc) is 3.31. The van der Waals surface area contributed by atoms with E-state index in [1.807, 2.05) is 61.7 Å². The second kappa shape index (κ2) is 7.52. The smallest absolute Gasteiger partial charge is 0.287 e. The van der Waals surface area contributed by atoms with E-state index in [1.165, 1.54) is 0 Å². The molecule has 0 aliphatic heterocycles. The molecule has 0 atom stereocenters. The summed E-state index contributed by atoms with van der Waals surface area (Å²) in [6, 6.07) is 15.1. The topological polar surface area (TPSA) is 69.3 Å². The van der Waals surface area contributed by atoms with Gasteiger partial charge in [0.1, 0.15) is 11.3 Å². The van der Waals surface area contributed by atoms with Gasteiger partial charge in [0.05, 0.1) is 25.0 Å². The van der Waals surface area contributed by atoms with Crippen LogP contribution in [-0.4, -0.2) is 22.8 Å². The molecular weight excluding hydrogens is 422 g/mol. The van der Waals surface area contributed by atoms with Crippen LogP contribution in [0.4, 0.5) is 0 Å². The predicted octanol–water partition coefficient (Wildman–Crippen LogP) is 4.63. The highest BCUT2D eigenvalue weighted by atomic mass is 79.9. The van der Waals surface area contributed by atoms with Gasteiger partial charge in [-0.05, 0) is 55.5 Å². The van der Waals surface area contributed by atoms with E-state index in [4.69, 9.17) is 9.15 Å². The summed E-state index contributed by atoms with van der Waals surface area (Å²) < 4.78 is 13.6. The van der Waals surface area contributed by atoms with Gasteiger partial charge < -0.3 is 14.5 Å². The first-order valence-corrected chi connectivity index (χ1v) is 9.50. The number of benzene rings is 2. The third-order valence-corrected chi connectivity index (χ3v) is 5.01. The van der Waals surface area contributed by atoms with E-state index in [9.17, 15) is 4.79 Å². The molecule has 0 spiro atoms. The average molecular weight is 440 g/mol. The quantitative estimate of drug-likeness (QED) is 0.492. The number of halogens is 1. The summed E-state index contributed by atoms with van der Waals surface area (Å²) in [6.45, 7) is 2.19. The zero-order chi connectivity index (χ0) is 19.7.